The number of benzene rings is 1. The average molecular weight is 543 g/mol. The molecule has 0 radical (unpaired) electrons. The monoisotopic (exact) mass is 543 g/mol. The van der Waals surface area contributed by atoms with Crippen LogP contribution in [0, 0.1) is 18.6 Å². The summed E-state index contributed by atoms with van der Waals surface area (Å²) in [5, 5.41) is 9.12. The third-order valence-corrected chi connectivity index (χ3v) is 4.42. The number of nitrogens with zero attached hydrogens (tertiary/aromatic N) is 4. The number of aliphatic hydroxyl groups excluding tert-OH is 1. The highest BCUT2D eigenvalue weighted by Crippen LogP contribution is 2.21. The van der Waals surface area contributed by atoms with Gasteiger partial charge in [-0.3, -0.25) is 4.79 Å². The fourth-order valence-corrected chi connectivity index (χ4v) is 2.90. The minimum Gasteiger partial charge on any atom is -0.391 e. The average Bonchev–Trinajstić information content (AvgIpc) is 3.22. The Morgan fingerprint density at radius 1 is 1.20 bits per heavy atom. The van der Waals surface area contributed by atoms with Crippen LogP contribution in [0.25, 0.3) is 17.2 Å². The molecular weight excluding hydrogens is 527 g/mol. The molecule has 4 rings (SSSR count). The summed E-state index contributed by atoms with van der Waals surface area (Å²) in [5.41, 5.74) is 1.24. The molecule has 0 bridgehead atoms. The second-order valence-electron chi connectivity index (χ2n) is 6.34. The van der Waals surface area contributed by atoms with E-state index in [0.29, 0.717) is 17.0 Å². The number of H-pyrrole nitrogens is 1. The molecule has 0 spiro atoms. The van der Waals surface area contributed by atoms with Crippen LogP contribution in [0.3, 0.4) is 0 Å². The Balaban J connectivity index is 0.00000124. The molecule has 156 valence electrons. The van der Waals surface area contributed by atoms with Gasteiger partial charge in [-0.15, -0.1) is 9.80 Å². The Hall–Kier alpha value is -2.38. The number of halogens is 3. The molecule has 7 nitrogen and oxygen atoms in total. The van der Waals surface area contributed by atoms with Crippen molar-refractivity contribution >= 4 is 36.7 Å². The van der Waals surface area contributed by atoms with Crippen molar-refractivity contribution in [3.8, 4) is 11.5 Å². The lowest BCUT2D eigenvalue weighted by molar-refractivity contribution is 0.279. The van der Waals surface area contributed by atoms with Crippen LogP contribution in [-0.4, -0.2) is 29.4 Å². The first-order valence-corrected chi connectivity index (χ1v) is 11.8. The van der Waals surface area contributed by atoms with E-state index >= 15 is 0 Å². The Bertz CT molecular complexity index is 1260. The lowest BCUT2D eigenvalue weighted by atomic mass is 10.1. The maximum Gasteiger partial charge on any atom is 0.256 e. The van der Waals surface area contributed by atoms with Crippen molar-refractivity contribution in [1.29, 1.82) is 0 Å². The highest BCUT2D eigenvalue weighted by Gasteiger charge is 2.15. The van der Waals surface area contributed by atoms with Gasteiger partial charge in [0.1, 0.15) is 17.3 Å². The van der Waals surface area contributed by atoms with E-state index in [1.807, 2.05) is 21.2 Å². The van der Waals surface area contributed by atoms with E-state index in [1.54, 1.807) is 23.0 Å². The van der Waals surface area contributed by atoms with Gasteiger partial charge in [0.15, 0.2) is 11.5 Å². The molecule has 0 saturated carbocycles. The summed E-state index contributed by atoms with van der Waals surface area (Å²) in [5.74, 6) is -0.846. The van der Waals surface area contributed by atoms with Crippen LogP contribution in [-0.2, 0) is 13.0 Å². The molecule has 0 saturated heterocycles. The van der Waals surface area contributed by atoms with Crippen LogP contribution in [0.1, 0.15) is 22.4 Å². The number of hydrogen-bond acceptors (Lipinski definition) is 6. The molecule has 0 atom stereocenters. The Morgan fingerprint density at radius 2 is 1.97 bits per heavy atom. The number of rotatable bonds is 4. The fraction of sp³-hybridized carbons (Fsp3) is 0.158. The van der Waals surface area contributed by atoms with Gasteiger partial charge in [0, 0.05) is 31.2 Å². The minimum absolute atomic E-state index is 0.0103. The highest BCUT2D eigenvalue weighted by molar-refractivity contribution is 14.2. The number of aryl methyl sites for hydroxylation is 1. The smallest absolute Gasteiger partial charge is 0.256 e. The van der Waals surface area contributed by atoms with Crippen LogP contribution in [0.5, 0.6) is 0 Å². The Morgan fingerprint density at radius 3 is 2.67 bits per heavy atom. The molecule has 30 heavy (non-hydrogen) atoms. The van der Waals surface area contributed by atoms with Gasteiger partial charge in [0.25, 0.3) is 5.56 Å². The minimum atomic E-state index is -0.533. The molecule has 4 aromatic rings. The molecule has 0 fully saturated rings. The van der Waals surface area contributed by atoms with E-state index in [2.05, 4.69) is 29.7 Å². The van der Waals surface area contributed by atoms with Gasteiger partial charge >= 0.3 is 0 Å². The summed E-state index contributed by atoms with van der Waals surface area (Å²) < 4.78 is 29.9. The van der Waals surface area contributed by atoms with Crippen LogP contribution in [0.15, 0.2) is 41.7 Å². The van der Waals surface area contributed by atoms with E-state index in [-0.39, 0.29) is 28.9 Å². The quantitative estimate of drug-likeness (QED) is 0.271. The van der Waals surface area contributed by atoms with Crippen molar-refractivity contribution < 1.29 is 13.9 Å². The predicted molar refractivity (Wildman–Crippen MR) is 120 cm³/mol. The largest absolute Gasteiger partial charge is 0.391 e. The number of thiol groups is 1. The highest BCUT2D eigenvalue weighted by atomic mass is 127. The number of imidazole rings is 1. The SMILES string of the molecule is Cc1cc(F)c(Cc2nc(-c3ncc(CO)c(=O)[nH]3)cn3ccnc23)cc1F.SI. The van der Waals surface area contributed by atoms with Gasteiger partial charge in [-0.1, -0.05) is 0 Å². The first-order chi connectivity index (χ1) is 14.5. The number of nitrogens with one attached hydrogen (secondary N) is 1. The Labute approximate surface area is 187 Å². The van der Waals surface area contributed by atoms with E-state index in [1.165, 1.54) is 13.1 Å². The van der Waals surface area contributed by atoms with E-state index in [9.17, 15) is 13.6 Å². The fourth-order valence-electron chi connectivity index (χ4n) is 2.90. The molecule has 3 heterocycles. The van der Waals surface area contributed by atoms with Crippen LogP contribution >= 0.6 is 31.0 Å². The number of hydrogen-bond donors (Lipinski definition) is 3. The molecule has 0 unspecified atom stereocenters. The lowest BCUT2D eigenvalue weighted by Crippen LogP contribution is -2.15. The standard InChI is InChI=1S/C19H15F2N5O2.HIS/c1-10-4-14(21)11(5-13(10)20)6-15-18-22-2-3-26(18)8-16(24-15)17-23-7-12(9-27)19(28)25-17;1-2/h2-5,7-8,27H,6,9H2,1H3,(H,23,25,28);2H. The number of aliphatic hydroxyl groups is 1. The van der Waals surface area contributed by atoms with Gasteiger partial charge in [0.2, 0.25) is 0 Å². The zero-order chi connectivity index (χ0) is 21.8. The topological polar surface area (TPSA) is 96.2 Å². The van der Waals surface area contributed by atoms with Gasteiger partial charge in [-0.2, -0.15) is 0 Å². The van der Waals surface area contributed by atoms with Crippen molar-refractivity contribution in [1.82, 2.24) is 24.3 Å². The molecule has 0 amide bonds. The zero-order valence-corrected chi connectivity index (χ0v) is 18.7. The number of aromatic amines is 1. The van der Waals surface area contributed by atoms with Gasteiger partial charge in [-0.25, -0.2) is 23.7 Å². The molecule has 0 aliphatic heterocycles. The summed E-state index contributed by atoms with van der Waals surface area (Å²) in [4.78, 5) is 27.3. The number of aromatic nitrogens is 5. The third kappa shape index (κ3) is 4.52. The van der Waals surface area contributed by atoms with Gasteiger partial charge in [0.05, 0.1) is 17.9 Å². The molecule has 0 aliphatic carbocycles. The normalized spacial score (nSPS) is 10.7. The molecular formula is C19H16F2IN5O2S. The first kappa shape index (κ1) is 22.3. The maximum absolute atomic E-state index is 14.3. The second-order valence-corrected chi connectivity index (χ2v) is 6.34. The molecule has 11 heteroatoms. The first-order valence-electron chi connectivity index (χ1n) is 8.59. The van der Waals surface area contributed by atoms with Crippen molar-refractivity contribution in [2.75, 3.05) is 0 Å². The van der Waals surface area contributed by atoms with E-state index in [4.69, 9.17) is 5.11 Å². The maximum atomic E-state index is 14.3. The van der Waals surface area contributed by atoms with Crippen LogP contribution in [0.4, 0.5) is 8.78 Å². The summed E-state index contributed by atoms with van der Waals surface area (Å²) in [6.45, 7) is 1.06. The summed E-state index contributed by atoms with van der Waals surface area (Å²) >= 11 is 1.84. The second kappa shape index (κ2) is 9.62. The Kier molecular flexibility index (Phi) is 7.15. The zero-order valence-electron chi connectivity index (χ0n) is 15.6. The van der Waals surface area contributed by atoms with Crippen molar-refractivity contribution in [2.45, 2.75) is 20.0 Å². The third-order valence-electron chi connectivity index (χ3n) is 4.42. The van der Waals surface area contributed by atoms with E-state index in [0.717, 1.165) is 12.1 Å². The van der Waals surface area contributed by atoms with Crippen molar-refractivity contribution in [3.63, 3.8) is 0 Å². The predicted octanol–water partition coefficient (Wildman–Crippen LogP) is 3.42. The van der Waals surface area contributed by atoms with Gasteiger partial charge < -0.3 is 14.5 Å². The summed E-state index contributed by atoms with van der Waals surface area (Å²) in [6.07, 6.45) is 6.13. The summed E-state index contributed by atoms with van der Waals surface area (Å²) in [6, 6.07) is 2.29. The molecule has 1 aromatic carbocycles. The van der Waals surface area contributed by atoms with Crippen LogP contribution < -0.4 is 5.56 Å². The lowest BCUT2D eigenvalue weighted by Gasteiger charge is -2.09. The molecule has 2 N–H and O–H groups in total. The van der Waals surface area contributed by atoms with Gasteiger partial charge in [-0.05, 0) is 51.4 Å². The number of fused-ring (bicyclic) bond motifs is 1. The van der Waals surface area contributed by atoms with E-state index < -0.39 is 23.8 Å². The van der Waals surface area contributed by atoms with Crippen molar-refractivity contribution in [2.24, 2.45) is 0 Å². The van der Waals surface area contributed by atoms with Crippen LogP contribution in [0.2, 0.25) is 0 Å². The molecule has 3 aromatic heterocycles. The van der Waals surface area contributed by atoms with Crippen molar-refractivity contribution in [3.05, 3.63) is 81.3 Å². The summed E-state index contributed by atoms with van der Waals surface area (Å²) in [7, 11) is 3.50. The molecule has 0 aliphatic rings.